The molecule has 0 saturated heterocycles. The fourth-order valence-electron chi connectivity index (χ4n) is 3.19. The second-order valence-corrected chi connectivity index (χ2v) is 8.17. The molecular weight excluding hydrogens is 334 g/mol. The molecule has 1 aromatic carbocycles. The van der Waals surface area contributed by atoms with Gasteiger partial charge in [-0.3, -0.25) is 4.79 Å². The Morgan fingerprint density at radius 1 is 1.32 bits per heavy atom. The largest absolute Gasteiger partial charge is 0.411 e. The molecule has 0 bridgehead atoms. The summed E-state index contributed by atoms with van der Waals surface area (Å²) in [6.07, 6.45) is 4.72. The Kier molecular flexibility index (Phi) is 5.78. The van der Waals surface area contributed by atoms with Crippen molar-refractivity contribution in [2.75, 3.05) is 0 Å². The Balaban J connectivity index is 1.59. The Morgan fingerprint density at radius 2 is 2.12 bits per heavy atom. The molecule has 0 aliphatic heterocycles. The van der Waals surface area contributed by atoms with Crippen LogP contribution >= 0.6 is 11.8 Å². The highest BCUT2D eigenvalue weighted by atomic mass is 32.2. The van der Waals surface area contributed by atoms with Crippen molar-refractivity contribution in [1.29, 1.82) is 0 Å². The number of rotatable bonds is 5. The lowest BCUT2D eigenvalue weighted by Crippen LogP contribution is -2.44. The van der Waals surface area contributed by atoms with E-state index in [1.165, 1.54) is 31.0 Å². The van der Waals surface area contributed by atoms with E-state index in [0.717, 1.165) is 17.5 Å². The molecule has 1 aliphatic carbocycles. The zero-order chi connectivity index (χ0) is 17.8. The number of aryl methyl sites for hydroxylation is 1. The molecule has 1 aromatic heterocycles. The zero-order valence-electron chi connectivity index (χ0n) is 15.0. The van der Waals surface area contributed by atoms with Gasteiger partial charge in [0.15, 0.2) is 0 Å². The zero-order valence-corrected chi connectivity index (χ0v) is 15.8. The van der Waals surface area contributed by atoms with E-state index < -0.39 is 0 Å². The first-order valence-electron chi connectivity index (χ1n) is 8.90. The van der Waals surface area contributed by atoms with Gasteiger partial charge in [-0.2, -0.15) is 0 Å². The molecule has 1 amide bonds. The molecule has 6 heteroatoms. The van der Waals surface area contributed by atoms with Gasteiger partial charge in [-0.25, -0.2) is 0 Å². The third-order valence-electron chi connectivity index (χ3n) is 4.76. The Morgan fingerprint density at radius 3 is 2.88 bits per heavy atom. The minimum atomic E-state index is -0.264. The summed E-state index contributed by atoms with van der Waals surface area (Å²) < 4.78 is 5.72. The molecule has 1 aliphatic rings. The Labute approximate surface area is 153 Å². The molecule has 1 fully saturated rings. The predicted molar refractivity (Wildman–Crippen MR) is 99.4 cm³/mol. The number of thioether (sulfide) groups is 1. The summed E-state index contributed by atoms with van der Waals surface area (Å²) in [6, 6.07) is 8.21. The van der Waals surface area contributed by atoms with Crippen molar-refractivity contribution in [3.8, 4) is 11.5 Å². The standard InChI is InChI=1S/C19H25N3O2S/c1-12-7-6-9-15(11-12)18-21-22-19(24-18)25-14(3)17(23)20-16-10-5-4-8-13(16)2/h6-7,9,11,13-14,16H,4-5,8,10H2,1-3H3,(H,20,23)/t13-,14-,16-/m0/s1. The second kappa shape index (κ2) is 8.04. The van der Waals surface area contributed by atoms with Crippen LogP contribution < -0.4 is 5.32 Å². The SMILES string of the molecule is Cc1cccc(-c2nnc(S[C@@H](C)C(=O)N[C@H]3CCCC[C@@H]3C)o2)c1. The van der Waals surface area contributed by atoms with Gasteiger partial charge in [-0.05, 0) is 44.7 Å². The number of carbonyl (C=O) groups is 1. The van der Waals surface area contributed by atoms with E-state index >= 15 is 0 Å². The number of carbonyl (C=O) groups excluding carboxylic acids is 1. The van der Waals surface area contributed by atoms with Crippen LogP contribution in [0.15, 0.2) is 33.9 Å². The van der Waals surface area contributed by atoms with Crippen molar-refractivity contribution in [3.63, 3.8) is 0 Å². The molecule has 2 aromatic rings. The summed E-state index contributed by atoms with van der Waals surface area (Å²) in [7, 11) is 0. The first-order chi connectivity index (χ1) is 12.0. The molecule has 0 spiro atoms. The highest BCUT2D eigenvalue weighted by Crippen LogP contribution is 2.28. The number of benzene rings is 1. The lowest BCUT2D eigenvalue weighted by atomic mass is 9.86. The number of hydrogen-bond acceptors (Lipinski definition) is 5. The third-order valence-corrected chi connectivity index (χ3v) is 5.69. The van der Waals surface area contributed by atoms with E-state index in [4.69, 9.17) is 4.42 Å². The van der Waals surface area contributed by atoms with Gasteiger partial charge in [-0.15, -0.1) is 10.2 Å². The van der Waals surface area contributed by atoms with Crippen LogP contribution in [0.1, 0.15) is 45.1 Å². The minimum Gasteiger partial charge on any atom is -0.411 e. The van der Waals surface area contributed by atoms with Gasteiger partial charge in [0.05, 0.1) is 5.25 Å². The number of hydrogen-bond donors (Lipinski definition) is 1. The third kappa shape index (κ3) is 4.63. The van der Waals surface area contributed by atoms with Crippen LogP contribution in [0.2, 0.25) is 0 Å². The summed E-state index contributed by atoms with van der Waals surface area (Å²) in [5.74, 6) is 1.07. The first kappa shape index (κ1) is 18.0. The van der Waals surface area contributed by atoms with Crippen LogP contribution in [-0.2, 0) is 4.79 Å². The summed E-state index contributed by atoms with van der Waals surface area (Å²) in [4.78, 5) is 12.5. The molecule has 1 saturated carbocycles. The lowest BCUT2D eigenvalue weighted by molar-refractivity contribution is -0.121. The summed E-state index contributed by atoms with van der Waals surface area (Å²) in [6.45, 7) is 6.12. The topological polar surface area (TPSA) is 68.0 Å². The van der Waals surface area contributed by atoms with E-state index in [-0.39, 0.29) is 17.2 Å². The highest BCUT2D eigenvalue weighted by molar-refractivity contribution is 8.00. The summed E-state index contributed by atoms with van der Waals surface area (Å²) in [5, 5.41) is 11.5. The first-order valence-corrected chi connectivity index (χ1v) is 9.78. The van der Waals surface area contributed by atoms with Crippen molar-refractivity contribution in [2.45, 2.75) is 63.0 Å². The fraction of sp³-hybridized carbons (Fsp3) is 0.526. The van der Waals surface area contributed by atoms with Crippen molar-refractivity contribution < 1.29 is 9.21 Å². The quantitative estimate of drug-likeness (QED) is 0.810. The summed E-state index contributed by atoms with van der Waals surface area (Å²) >= 11 is 1.31. The molecule has 1 heterocycles. The number of nitrogens with one attached hydrogen (secondary N) is 1. The number of nitrogens with zero attached hydrogens (tertiary/aromatic N) is 2. The van der Waals surface area contributed by atoms with Gasteiger partial charge in [0.1, 0.15) is 0 Å². The monoisotopic (exact) mass is 359 g/mol. The Hall–Kier alpha value is -1.82. The van der Waals surface area contributed by atoms with Crippen molar-refractivity contribution in [1.82, 2.24) is 15.5 Å². The average Bonchev–Trinajstić information content (AvgIpc) is 3.05. The van der Waals surface area contributed by atoms with Gasteiger partial charge < -0.3 is 9.73 Å². The van der Waals surface area contributed by atoms with E-state index in [1.807, 2.05) is 38.1 Å². The average molecular weight is 359 g/mol. The van der Waals surface area contributed by atoms with Gasteiger partial charge in [0.25, 0.3) is 5.22 Å². The molecule has 25 heavy (non-hydrogen) atoms. The van der Waals surface area contributed by atoms with Crippen molar-refractivity contribution >= 4 is 17.7 Å². The highest BCUT2D eigenvalue weighted by Gasteiger charge is 2.26. The maximum atomic E-state index is 12.5. The van der Waals surface area contributed by atoms with Gasteiger partial charge in [0, 0.05) is 11.6 Å². The second-order valence-electron chi connectivity index (χ2n) is 6.88. The van der Waals surface area contributed by atoms with E-state index in [2.05, 4.69) is 22.4 Å². The molecular formula is C19H25N3O2S. The van der Waals surface area contributed by atoms with Gasteiger partial charge in [-0.1, -0.05) is 49.2 Å². The molecule has 0 unspecified atom stereocenters. The van der Waals surface area contributed by atoms with Crippen LogP contribution in [0, 0.1) is 12.8 Å². The van der Waals surface area contributed by atoms with Crippen LogP contribution in [0.5, 0.6) is 0 Å². The van der Waals surface area contributed by atoms with Crippen LogP contribution in [0.25, 0.3) is 11.5 Å². The molecule has 1 N–H and O–H groups in total. The van der Waals surface area contributed by atoms with E-state index in [9.17, 15) is 4.79 Å². The molecule has 0 radical (unpaired) electrons. The predicted octanol–water partition coefficient (Wildman–Crippen LogP) is 4.22. The van der Waals surface area contributed by atoms with E-state index in [0.29, 0.717) is 17.0 Å². The van der Waals surface area contributed by atoms with Crippen molar-refractivity contribution in [3.05, 3.63) is 29.8 Å². The van der Waals surface area contributed by atoms with E-state index in [1.54, 1.807) is 0 Å². The minimum absolute atomic E-state index is 0.0408. The Bertz CT molecular complexity index is 731. The van der Waals surface area contributed by atoms with Crippen LogP contribution in [0.3, 0.4) is 0 Å². The number of amides is 1. The maximum Gasteiger partial charge on any atom is 0.277 e. The van der Waals surface area contributed by atoms with Crippen molar-refractivity contribution in [2.24, 2.45) is 5.92 Å². The fourth-order valence-corrected chi connectivity index (χ4v) is 3.88. The smallest absolute Gasteiger partial charge is 0.277 e. The van der Waals surface area contributed by atoms with Gasteiger partial charge in [0.2, 0.25) is 11.8 Å². The lowest BCUT2D eigenvalue weighted by Gasteiger charge is -2.30. The molecule has 3 rings (SSSR count). The molecule has 5 nitrogen and oxygen atoms in total. The maximum absolute atomic E-state index is 12.5. The van der Waals surface area contributed by atoms with Crippen LogP contribution in [-0.4, -0.2) is 27.4 Å². The normalized spacial score (nSPS) is 21.7. The number of aromatic nitrogens is 2. The molecule has 134 valence electrons. The molecule has 3 atom stereocenters. The summed E-state index contributed by atoms with van der Waals surface area (Å²) in [5.41, 5.74) is 2.03. The van der Waals surface area contributed by atoms with Gasteiger partial charge >= 0.3 is 0 Å². The van der Waals surface area contributed by atoms with Crippen LogP contribution in [0.4, 0.5) is 0 Å².